The maximum Gasteiger partial charge on any atom is 0.221 e. The van der Waals surface area contributed by atoms with Crippen molar-refractivity contribution < 1.29 is 9.28 Å². The second-order valence-electron chi connectivity index (χ2n) is 7.72. The standard InChI is InChI=1S/C22H41N3O/c1-5-7-8-9-10-11-12-13-14-15-16-17-22-23-18-19-25(22,6-2)20(3)24-21(4)26/h7-8,18,20,22H,5-6,9-17,19H2,1-4H3/p+1/b8-7+. The summed E-state index contributed by atoms with van der Waals surface area (Å²) >= 11 is 0. The minimum atomic E-state index is 0.0549. The Morgan fingerprint density at radius 1 is 1.15 bits per heavy atom. The summed E-state index contributed by atoms with van der Waals surface area (Å²) in [4.78, 5) is 16.2. The highest BCUT2D eigenvalue weighted by molar-refractivity contribution is 5.73. The molecule has 1 amide bonds. The lowest BCUT2D eigenvalue weighted by atomic mass is 10.1. The van der Waals surface area contributed by atoms with Crippen LogP contribution in [0.1, 0.15) is 91.9 Å². The molecule has 1 N–H and O–H groups in total. The third-order valence-electron chi connectivity index (χ3n) is 5.80. The molecular weight excluding hydrogens is 322 g/mol. The molecule has 150 valence electrons. The fourth-order valence-corrected chi connectivity index (χ4v) is 4.12. The molecule has 0 bridgehead atoms. The van der Waals surface area contributed by atoms with Gasteiger partial charge in [0.25, 0.3) is 0 Å². The van der Waals surface area contributed by atoms with Crippen molar-refractivity contribution in [2.45, 2.75) is 104 Å². The molecule has 0 aromatic carbocycles. The van der Waals surface area contributed by atoms with Crippen molar-refractivity contribution in [2.75, 3.05) is 13.1 Å². The van der Waals surface area contributed by atoms with E-state index in [1.807, 2.05) is 0 Å². The average molecular weight is 365 g/mol. The molecule has 0 saturated carbocycles. The molecule has 0 aromatic rings. The minimum Gasteiger partial charge on any atom is -0.307 e. The van der Waals surface area contributed by atoms with Gasteiger partial charge in [-0.25, -0.2) is 4.99 Å². The summed E-state index contributed by atoms with van der Waals surface area (Å²) in [5, 5.41) is 3.10. The van der Waals surface area contributed by atoms with Crippen LogP contribution in [0.3, 0.4) is 0 Å². The number of carbonyl (C=O) groups excluding carboxylic acids is 1. The van der Waals surface area contributed by atoms with Crippen molar-refractivity contribution in [3.63, 3.8) is 0 Å². The van der Waals surface area contributed by atoms with E-state index >= 15 is 0 Å². The highest BCUT2D eigenvalue weighted by atomic mass is 16.1. The van der Waals surface area contributed by atoms with Crippen LogP contribution in [-0.4, -0.2) is 42.0 Å². The van der Waals surface area contributed by atoms with Crippen LogP contribution in [0.4, 0.5) is 0 Å². The van der Waals surface area contributed by atoms with Crippen molar-refractivity contribution in [1.29, 1.82) is 0 Å². The van der Waals surface area contributed by atoms with Crippen LogP contribution < -0.4 is 5.32 Å². The van der Waals surface area contributed by atoms with E-state index in [1.54, 1.807) is 6.92 Å². The third-order valence-corrected chi connectivity index (χ3v) is 5.80. The second-order valence-corrected chi connectivity index (χ2v) is 7.72. The molecule has 3 atom stereocenters. The Kier molecular flexibility index (Phi) is 11.5. The number of quaternary nitrogens is 1. The maximum absolute atomic E-state index is 11.5. The molecule has 1 aliphatic heterocycles. The number of aliphatic imine (C=N–C) groups is 1. The maximum atomic E-state index is 11.5. The fraction of sp³-hybridized carbons (Fsp3) is 0.818. The minimum absolute atomic E-state index is 0.0549. The Labute approximate surface area is 161 Å². The number of allylic oxidation sites excluding steroid dienone is 2. The molecule has 4 heteroatoms. The smallest absolute Gasteiger partial charge is 0.221 e. The summed E-state index contributed by atoms with van der Waals surface area (Å²) in [7, 11) is 0. The van der Waals surface area contributed by atoms with Crippen molar-refractivity contribution in [2.24, 2.45) is 4.99 Å². The number of hydrogen-bond donors (Lipinski definition) is 1. The summed E-state index contributed by atoms with van der Waals surface area (Å²) in [6.45, 7) is 10.1. The van der Waals surface area contributed by atoms with Gasteiger partial charge in [-0.2, -0.15) is 0 Å². The first kappa shape index (κ1) is 22.9. The summed E-state index contributed by atoms with van der Waals surface area (Å²) in [5.74, 6) is 0.0549. The van der Waals surface area contributed by atoms with Crippen LogP contribution in [0.2, 0.25) is 0 Å². The number of rotatable bonds is 14. The number of nitrogens with zero attached hydrogens (tertiary/aromatic N) is 2. The van der Waals surface area contributed by atoms with Gasteiger partial charge in [0, 0.05) is 20.3 Å². The number of carbonyl (C=O) groups is 1. The quantitative estimate of drug-likeness (QED) is 0.257. The van der Waals surface area contributed by atoms with Crippen LogP contribution in [0, 0.1) is 0 Å². The number of unbranched alkanes of at least 4 members (excludes halogenated alkanes) is 7. The first-order valence-corrected chi connectivity index (χ1v) is 10.9. The van der Waals surface area contributed by atoms with Crippen LogP contribution in [0.5, 0.6) is 0 Å². The van der Waals surface area contributed by atoms with Gasteiger partial charge in [-0.3, -0.25) is 9.28 Å². The monoisotopic (exact) mass is 364 g/mol. The van der Waals surface area contributed by atoms with E-state index in [1.165, 1.54) is 51.4 Å². The summed E-state index contributed by atoms with van der Waals surface area (Å²) in [5.41, 5.74) is 0. The van der Waals surface area contributed by atoms with E-state index in [4.69, 9.17) is 4.99 Å². The summed E-state index contributed by atoms with van der Waals surface area (Å²) < 4.78 is 0.880. The third kappa shape index (κ3) is 7.61. The lowest BCUT2D eigenvalue weighted by Gasteiger charge is -2.42. The first-order valence-electron chi connectivity index (χ1n) is 10.9. The molecule has 0 aromatic heterocycles. The van der Waals surface area contributed by atoms with Crippen LogP contribution in [-0.2, 0) is 4.79 Å². The van der Waals surface area contributed by atoms with Gasteiger partial charge in [0.1, 0.15) is 6.54 Å². The lowest BCUT2D eigenvalue weighted by molar-refractivity contribution is -0.959. The van der Waals surface area contributed by atoms with E-state index < -0.39 is 0 Å². The molecule has 0 radical (unpaired) electrons. The van der Waals surface area contributed by atoms with Gasteiger partial charge in [-0.1, -0.05) is 51.2 Å². The van der Waals surface area contributed by atoms with Gasteiger partial charge < -0.3 is 5.32 Å². The lowest BCUT2D eigenvalue weighted by Crippen LogP contribution is -2.63. The Hall–Kier alpha value is -1.16. The van der Waals surface area contributed by atoms with Crippen molar-refractivity contribution in [1.82, 2.24) is 5.32 Å². The summed E-state index contributed by atoms with van der Waals surface area (Å²) in [6, 6.07) is 0. The predicted molar refractivity (Wildman–Crippen MR) is 112 cm³/mol. The zero-order valence-electron chi connectivity index (χ0n) is 17.7. The van der Waals surface area contributed by atoms with E-state index in [9.17, 15) is 4.79 Å². The largest absolute Gasteiger partial charge is 0.307 e. The number of amides is 1. The Morgan fingerprint density at radius 3 is 2.42 bits per heavy atom. The molecule has 4 nitrogen and oxygen atoms in total. The normalized spacial score (nSPS) is 23.6. The SMILES string of the molecule is CC/C=C/CCCCCCCCCC1N=CC[N+]1(CC)C(C)NC(C)=O. The van der Waals surface area contributed by atoms with Gasteiger partial charge in [0.15, 0.2) is 12.3 Å². The van der Waals surface area contributed by atoms with Gasteiger partial charge in [-0.15, -0.1) is 0 Å². The van der Waals surface area contributed by atoms with E-state index in [-0.39, 0.29) is 12.1 Å². The van der Waals surface area contributed by atoms with Gasteiger partial charge >= 0.3 is 0 Å². The average Bonchev–Trinajstić information content (AvgIpc) is 3.03. The van der Waals surface area contributed by atoms with Gasteiger partial charge in [0.2, 0.25) is 5.91 Å². The Bertz CT molecular complexity index is 447. The Morgan fingerprint density at radius 2 is 1.81 bits per heavy atom. The van der Waals surface area contributed by atoms with Crippen LogP contribution >= 0.6 is 0 Å². The first-order chi connectivity index (χ1) is 12.6. The summed E-state index contributed by atoms with van der Waals surface area (Å²) in [6.07, 6.45) is 20.0. The molecule has 1 heterocycles. The molecular formula is C22H42N3O+. The number of hydrogen-bond acceptors (Lipinski definition) is 2. The zero-order valence-corrected chi connectivity index (χ0v) is 17.7. The highest BCUT2D eigenvalue weighted by Gasteiger charge is 2.42. The van der Waals surface area contributed by atoms with Crippen LogP contribution in [0.25, 0.3) is 0 Å². The molecule has 0 saturated heterocycles. The second kappa shape index (κ2) is 13.1. The Balaban J connectivity index is 2.20. The molecule has 1 rings (SSSR count). The molecule has 0 fully saturated rings. The van der Waals surface area contributed by atoms with E-state index in [0.29, 0.717) is 6.17 Å². The van der Waals surface area contributed by atoms with Crippen molar-refractivity contribution in [3.8, 4) is 0 Å². The molecule has 26 heavy (non-hydrogen) atoms. The van der Waals surface area contributed by atoms with Crippen molar-refractivity contribution >= 4 is 12.1 Å². The predicted octanol–water partition coefficient (Wildman–Crippen LogP) is 5.19. The van der Waals surface area contributed by atoms with Crippen LogP contribution in [0.15, 0.2) is 17.1 Å². The zero-order chi connectivity index (χ0) is 19.3. The topological polar surface area (TPSA) is 41.5 Å². The van der Waals surface area contributed by atoms with Crippen molar-refractivity contribution in [3.05, 3.63) is 12.2 Å². The van der Waals surface area contributed by atoms with E-state index in [0.717, 1.165) is 30.4 Å². The molecule has 1 aliphatic rings. The molecule has 0 aliphatic carbocycles. The van der Waals surface area contributed by atoms with Gasteiger partial charge in [-0.05, 0) is 32.6 Å². The fourth-order valence-electron chi connectivity index (χ4n) is 4.12. The molecule has 3 unspecified atom stereocenters. The molecule has 0 spiro atoms. The van der Waals surface area contributed by atoms with E-state index in [2.05, 4.69) is 44.5 Å². The number of nitrogens with one attached hydrogen (secondary N) is 1. The highest BCUT2D eigenvalue weighted by Crippen LogP contribution is 2.27. The van der Waals surface area contributed by atoms with Gasteiger partial charge in [0.05, 0.1) is 12.8 Å².